The number of aryl methyl sites for hydroxylation is 1. The molecule has 3 rings (SSSR count). The van der Waals surface area contributed by atoms with Crippen molar-refractivity contribution in [2.24, 2.45) is 0 Å². The van der Waals surface area contributed by atoms with Crippen LogP contribution in [0.2, 0.25) is 0 Å². The third kappa shape index (κ3) is 7.89. The molecule has 9 heteroatoms. The Labute approximate surface area is 224 Å². The van der Waals surface area contributed by atoms with Gasteiger partial charge in [-0.15, -0.1) is 0 Å². The Hall–Kier alpha value is -3.72. The third-order valence-corrected chi connectivity index (χ3v) is 7.58. The lowest BCUT2D eigenvalue weighted by Gasteiger charge is -2.32. The Kier molecular flexibility index (Phi) is 10.0. The predicted molar refractivity (Wildman–Crippen MR) is 148 cm³/mol. The fourth-order valence-electron chi connectivity index (χ4n) is 4.30. The van der Waals surface area contributed by atoms with Gasteiger partial charge in [0.1, 0.15) is 11.9 Å². The summed E-state index contributed by atoms with van der Waals surface area (Å²) in [5.41, 5.74) is 3.17. The molecule has 3 aromatic rings. The number of hydrogen-bond donors (Lipinski definition) is 1. The molecule has 38 heavy (non-hydrogen) atoms. The lowest BCUT2D eigenvalue weighted by atomic mass is 10.0. The fraction of sp³-hybridized carbons (Fsp3) is 0.310. The molecule has 0 saturated heterocycles. The van der Waals surface area contributed by atoms with E-state index < -0.39 is 21.9 Å². The minimum atomic E-state index is -3.66. The van der Waals surface area contributed by atoms with E-state index in [0.717, 1.165) is 27.3 Å². The van der Waals surface area contributed by atoms with Gasteiger partial charge in [-0.1, -0.05) is 54.6 Å². The Morgan fingerprint density at radius 3 is 2.18 bits per heavy atom. The van der Waals surface area contributed by atoms with E-state index in [1.807, 2.05) is 61.5 Å². The zero-order chi connectivity index (χ0) is 27.7. The van der Waals surface area contributed by atoms with E-state index in [1.165, 1.54) is 24.3 Å². The number of nitrogens with zero attached hydrogens (tertiary/aromatic N) is 2. The molecule has 0 saturated carbocycles. The van der Waals surface area contributed by atoms with Gasteiger partial charge in [-0.25, -0.2) is 12.8 Å². The number of benzene rings is 3. The number of amides is 2. The maximum absolute atomic E-state index is 13.7. The highest BCUT2D eigenvalue weighted by molar-refractivity contribution is 7.92. The Balaban J connectivity index is 1.84. The highest BCUT2D eigenvalue weighted by atomic mass is 32.2. The molecule has 202 valence electrons. The minimum Gasteiger partial charge on any atom is -0.357 e. The Bertz CT molecular complexity index is 1330. The molecular weight excluding hydrogens is 505 g/mol. The van der Waals surface area contributed by atoms with Crippen molar-refractivity contribution in [2.75, 3.05) is 24.2 Å². The van der Waals surface area contributed by atoms with Crippen LogP contribution in [0.15, 0.2) is 78.9 Å². The van der Waals surface area contributed by atoms with E-state index >= 15 is 0 Å². The average Bonchev–Trinajstić information content (AvgIpc) is 2.89. The molecule has 0 spiro atoms. The van der Waals surface area contributed by atoms with E-state index in [-0.39, 0.29) is 37.7 Å². The number of carbonyl (C=O) groups is 2. The first-order valence-electron chi connectivity index (χ1n) is 12.4. The van der Waals surface area contributed by atoms with Crippen molar-refractivity contribution >= 4 is 27.5 Å². The maximum atomic E-state index is 13.7. The van der Waals surface area contributed by atoms with Crippen molar-refractivity contribution in [1.29, 1.82) is 0 Å². The van der Waals surface area contributed by atoms with Crippen molar-refractivity contribution in [1.82, 2.24) is 10.2 Å². The average molecular weight is 540 g/mol. The van der Waals surface area contributed by atoms with Crippen LogP contribution in [-0.2, 0) is 32.6 Å². The molecule has 0 aliphatic carbocycles. The first kappa shape index (κ1) is 28.8. The number of likely N-dealkylation sites (N-methyl/N-ethyl adjacent to an activating group) is 1. The van der Waals surface area contributed by atoms with E-state index in [1.54, 1.807) is 11.9 Å². The van der Waals surface area contributed by atoms with Crippen LogP contribution in [0.3, 0.4) is 0 Å². The number of sulfonamides is 1. The van der Waals surface area contributed by atoms with Gasteiger partial charge in [-0.2, -0.15) is 0 Å². The van der Waals surface area contributed by atoms with Gasteiger partial charge in [0.2, 0.25) is 21.8 Å². The summed E-state index contributed by atoms with van der Waals surface area (Å²) in [5, 5.41) is 2.69. The molecule has 0 heterocycles. The van der Waals surface area contributed by atoms with Crippen molar-refractivity contribution < 1.29 is 22.4 Å². The molecule has 0 aliphatic heterocycles. The summed E-state index contributed by atoms with van der Waals surface area (Å²) >= 11 is 0. The monoisotopic (exact) mass is 539 g/mol. The summed E-state index contributed by atoms with van der Waals surface area (Å²) in [6.45, 7) is 2.23. The lowest BCUT2D eigenvalue weighted by molar-refractivity contribution is -0.141. The van der Waals surface area contributed by atoms with Gasteiger partial charge in [0.15, 0.2) is 0 Å². The smallest absolute Gasteiger partial charge is 0.242 e. The van der Waals surface area contributed by atoms with E-state index in [4.69, 9.17) is 0 Å². The molecule has 0 aromatic heterocycles. The van der Waals surface area contributed by atoms with Crippen LogP contribution >= 0.6 is 0 Å². The molecular formula is C29H34FN3O4S. The normalized spacial score (nSPS) is 12.0. The minimum absolute atomic E-state index is 0.0291. The van der Waals surface area contributed by atoms with Crippen LogP contribution in [0.1, 0.15) is 29.5 Å². The van der Waals surface area contributed by atoms with Gasteiger partial charge in [0.05, 0.1) is 11.9 Å². The zero-order valence-electron chi connectivity index (χ0n) is 21.9. The number of carbonyl (C=O) groups excluding carboxylic acids is 2. The quantitative estimate of drug-likeness (QED) is 0.376. The second kappa shape index (κ2) is 13.2. The van der Waals surface area contributed by atoms with E-state index in [0.29, 0.717) is 12.1 Å². The summed E-state index contributed by atoms with van der Waals surface area (Å²) < 4.78 is 39.4. The predicted octanol–water partition coefficient (Wildman–Crippen LogP) is 4.07. The molecule has 0 aliphatic rings. The Morgan fingerprint density at radius 1 is 0.947 bits per heavy atom. The molecule has 2 amide bonds. The summed E-state index contributed by atoms with van der Waals surface area (Å²) in [6.07, 6.45) is 1.66. The van der Waals surface area contributed by atoms with E-state index in [2.05, 4.69) is 5.32 Å². The standard InChI is InChI=1S/C29H34FN3O4S/c1-22-10-7-8-13-24(22)21-32(27(29(35)31-2)20-23-11-5-4-6-12-23)28(34)14-9-19-33(38(3,36)37)26-17-15-25(30)16-18-26/h4-8,10-13,15-18,27H,9,14,19-21H2,1-3H3,(H,31,35)/t27-/m1/s1. The van der Waals surface area contributed by atoms with Crippen molar-refractivity contribution in [2.45, 2.75) is 38.8 Å². The topological polar surface area (TPSA) is 86.8 Å². The molecule has 0 fully saturated rings. The second-order valence-corrected chi connectivity index (χ2v) is 11.1. The molecule has 1 N–H and O–H groups in total. The van der Waals surface area contributed by atoms with Gasteiger partial charge in [0.25, 0.3) is 0 Å². The van der Waals surface area contributed by atoms with Crippen LogP contribution < -0.4 is 9.62 Å². The molecule has 0 radical (unpaired) electrons. The summed E-state index contributed by atoms with van der Waals surface area (Å²) in [6, 6.07) is 21.6. The number of rotatable bonds is 12. The fourth-order valence-corrected chi connectivity index (χ4v) is 5.27. The summed E-state index contributed by atoms with van der Waals surface area (Å²) in [7, 11) is -2.11. The number of hydrogen-bond acceptors (Lipinski definition) is 4. The van der Waals surface area contributed by atoms with Gasteiger partial charge in [0, 0.05) is 33.0 Å². The largest absolute Gasteiger partial charge is 0.357 e. The third-order valence-electron chi connectivity index (χ3n) is 6.39. The van der Waals surface area contributed by atoms with Crippen LogP contribution in [0.4, 0.5) is 10.1 Å². The van der Waals surface area contributed by atoms with Gasteiger partial charge in [-0.3, -0.25) is 13.9 Å². The first-order valence-corrected chi connectivity index (χ1v) is 14.3. The summed E-state index contributed by atoms with van der Waals surface area (Å²) in [5.74, 6) is -1.01. The lowest BCUT2D eigenvalue weighted by Crippen LogP contribution is -2.50. The van der Waals surface area contributed by atoms with Crippen LogP contribution in [-0.4, -0.2) is 51.0 Å². The Morgan fingerprint density at radius 2 is 1.58 bits per heavy atom. The van der Waals surface area contributed by atoms with Crippen LogP contribution in [0, 0.1) is 12.7 Å². The van der Waals surface area contributed by atoms with Crippen LogP contribution in [0.5, 0.6) is 0 Å². The van der Waals surface area contributed by atoms with Crippen LogP contribution in [0.25, 0.3) is 0 Å². The molecule has 3 aromatic carbocycles. The van der Waals surface area contributed by atoms with Crippen molar-refractivity contribution in [3.8, 4) is 0 Å². The van der Waals surface area contributed by atoms with Crippen molar-refractivity contribution in [3.05, 3.63) is 101 Å². The van der Waals surface area contributed by atoms with Gasteiger partial charge >= 0.3 is 0 Å². The number of nitrogens with one attached hydrogen (secondary N) is 1. The van der Waals surface area contributed by atoms with Crippen molar-refractivity contribution in [3.63, 3.8) is 0 Å². The molecule has 7 nitrogen and oxygen atoms in total. The summed E-state index contributed by atoms with van der Waals surface area (Å²) in [4.78, 5) is 28.3. The maximum Gasteiger partial charge on any atom is 0.242 e. The SMILES string of the molecule is CNC(=O)[C@@H](Cc1ccccc1)N(Cc1ccccc1C)C(=O)CCCN(c1ccc(F)cc1)S(C)(=O)=O. The molecule has 0 bridgehead atoms. The first-order chi connectivity index (χ1) is 18.1. The molecule has 0 unspecified atom stereocenters. The molecule has 1 atom stereocenters. The highest BCUT2D eigenvalue weighted by Gasteiger charge is 2.30. The van der Waals surface area contributed by atoms with Gasteiger partial charge < -0.3 is 10.2 Å². The number of halogens is 1. The van der Waals surface area contributed by atoms with Gasteiger partial charge in [-0.05, 0) is 54.3 Å². The van der Waals surface area contributed by atoms with E-state index in [9.17, 15) is 22.4 Å². The number of anilines is 1. The zero-order valence-corrected chi connectivity index (χ0v) is 22.7. The highest BCUT2D eigenvalue weighted by Crippen LogP contribution is 2.21. The second-order valence-electron chi connectivity index (χ2n) is 9.18.